The molecule has 0 saturated carbocycles. The van der Waals surface area contributed by atoms with Gasteiger partial charge < -0.3 is 19.7 Å². The number of hydrogen-bond acceptors (Lipinski definition) is 4. The first-order valence-electron chi connectivity index (χ1n) is 5.18. The van der Waals surface area contributed by atoms with Crippen LogP contribution in [-0.4, -0.2) is 35.6 Å². The van der Waals surface area contributed by atoms with Gasteiger partial charge in [-0.3, -0.25) is 0 Å². The SMILES string of the molecule is COC(C)Oc1ccc(C(=O)O)c(C)c1C(=O)O. The van der Waals surface area contributed by atoms with Gasteiger partial charge in [0.15, 0.2) is 6.29 Å². The smallest absolute Gasteiger partial charge is 0.339 e. The first kappa shape index (κ1) is 14.0. The Morgan fingerprint density at radius 3 is 2.28 bits per heavy atom. The number of methoxy groups -OCH3 is 1. The van der Waals surface area contributed by atoms with Crippen molar-refractivity contribution in [1.29, 1.82) is 0 Å². The summed E-state index contributed by atoms with van der Waals surface area (Å²) >= 11 is 0. The van der Waals surface area contributed by atoms with E-state index in [4.69, 9.17) is 19.7 Å². The Morgan fingerprint density at radius 1 is 1.22 bits per heavy atom. The zero-order valence-corrected chi connectivity index (χ0v) is 10.3. The maximum absolute atomic E-state index is 11.2. The fourth-order valence-corrected chi connectivity index (χ4v) is 1.51. The van der Waals surface area contributed by atoms with Crippen molar-refractivity contribution in [1.82, 2.24) is 0 Å². The van der Waals surface area contributed by atoms with Gasteiger partial charge in [-0.15, -0.1) is 0 Å². The minimum Gasteiger partial charge on any atom is -0.478 e. The second-order valence-electron chi connectivity index (χ2n) is 3.64. The molecule has 0 radical (unpaired) electrons. The summed E-state index contributed by atoms with van der Waals surface area (Å²) in [5.41, 5.74) is -0.0839. The normalized spacial score (nSPS) is 11.9. The molecule has 0 spiro atoms. The van der Waals surface area contributed by atoms with E-state index in [2.05, 4.69) is 0 Å². The number of carboxylic acid groups (broad SMARTS) is 2. The number of benzene rings is 1. The molecule has 1 atom stereocenters. The Bertz CT molecular complexity index is 480. The van der Waals surface area contributed by atoms with Crippen LogP contribution in [0.2, 0.25) is 0 Å². The molecule has 98 valence electrons. The number of rotatable bonds is 5. The molecule has 18 heavy (non-hydrogen) atoms. The Labute approximate surface area is 104 Å². The number of aromatic carboxylic acids is 2. The monoisotopic (exact) mass is 254 g/mol. The van der Waals surface area contributed by atoms with Crippen molar-refractivity contribution in [3.05, 3.63) is 28.8 Å². The summed E-state index contributed by atoms with van der Waals surface area (Å²) in [5.74, 6) is -2.34. The number of hydrogen-bond donors (Lipinski definition) is 2. The van der Waals surface area contributed by atoms with E-state index >= 15 is 0 Å². The molecule has 1 aromatic carbocycles. The first-order valence-corrected chi connectivity index (χ1v) is 5.18. The van der Waals surface area contributed by atoms with Crippen LogP contribution >= 0.6 is 0 Å². The van der Waals surface area contributed by atoms with Crippen molar-refractivity contribution in [3.63, 3.8) is 0 Å². The highest BCUT2D eigenvalue weighted by molar-refractivity contribution is 5.98. The van der Waals surface area contributed by atoms with Crippen LogP contribution in [0.4, 0.5) is 0 Å². The van der Waals surface area contributed by atoms with Gasteiger partial charge in [0, 0.05) is 7.11 Å². The quantitative estimate of drug-likeness (QED) is 0.778. The third-order valence-corrected chi connectivity index (χ3v) is 2.50. The molecule has 0 aliphatic carbocycles. The number of carboxylic acids is 2. The molecule has 0 aromatic heterocycles. The van der Waals surface area contributed by atoms with Crippen molar-refractivity contribution in [2.75, 3.05) is 7.11 Å². The van der Waals surface area contributed by atoms with E-state index in [1.807, 2.05) is 0 Å². The largest absolute Gasteiger partial charge is 0.478 e. The van der Waals surface area contributed by atoms with Gasteiger partial charge in [-0.25, -0.2) is 9.59 Å². The van der Waals surface area contributed by atoms with Crippen LogP contribution in [0.25, 0.3) is 0 Å². The maximum Gasteiger partial charge on any atom is 0.339 e. The molecule has 2 N–H and O–H groups in total. The van der Waals surface area contributed by atoms with Crippen molar-refractivity contribution >= 4 is 11.9 Å². The number of carbonyl (C=O) groups is 2. The lowest BCUT2D eigenvalue weighted by Gasteiger charge is -2.16. The van der Waals surface area contributed by atoms with E-state index in [9.17, 15) is 9.59 Å². The zero-order valence-electron chi connectivity index (χ0n) is 10.3. The van der Waals surface area contributed by atoms with E-state index < -0.39 is 18.2 Å². The Morgan fingerprint density at radius 2 is 1.83 bits per heavy atom. The summed E-state index contributed by atoms with van der Waals surface area (Å²) in [7, 11) is 1.42. The molecule has 1 unspecified atom stereocenters. The van der Waals surface area contributed by atoms with E-state index in [0.717, 1.165) is 0 Å². The van der Waals surface area contributed by atoms with Crippen LogP contribution in [0.5, 0.6) is 5.75 Å². The van der Waals surface area contributed by atoms with Crippen LogP contribution in [0.15, 0.2) is 12.1 Å². The molecule has 0 fully saturated rings. The maximum atomic E-state index is 11.2. The fraction of sp³-hybridized carbons (Fsp3) is 0.333. The molecule has 0 aliphatic rings. The van der Waals surface area contributed by atoms with Gasteiger partial charge in [0.1, 0.15) is 11.3 Å². The van der Waals surface area contributed by atoms with Crippen molar-refractivity contribution < 1.29 is 29.3 Å². The fourth-order valence-electron chi connectivity index (χ4n) is 1.51. The van der Waals surface area contributed by atoms with Gasteiger partial charge in [-0.2, -0.15) is 0 Å². The average molecular weight is 254 g/mol. The highest BCUT2D eigenvalue weighted by Gasteiger charge is 2.21. The summed E-state index contributed by atoms with van der Waals surface area (Å²) in [6.45, 7) is 3.03. The molecule has 0 aliphatic heterocycles. The standard InChI is InChI=1S/C12H14O6/c1-6-8(11(13)14)4-5-9(10(6)12(15)16)18-7(2)17-3/h4-5,7H,1-3H3,(H,13,14)(H,15,16). The van der Waals surface area contributed by atoms with Crippen molar-refractivity contribution in [3.8, 4) is 5.75 Å². The zero-order chi connectivity index (χ0) is 13.9. The third kappa shape index (κ3) is 2.78. The average Bonchev–Trinajstić information content (AvgIpc) is 2.27. The van der Waals surface area contributed by atoms with Crippen LogP contribution < -0.4 is 4.74 Å². The van der Waals surface area contributed by atoms with E-state index in [0.29, 0.717) is 0 Å². The van der Waals surface area contributed by atoms with Gasteiger partial charge in [-0.05, 0) is 31.5 Å². The molecular weight excluding hydrogens is 240 g/mol. The Balaban J connectivity index is 3.32. The lowest BCUT2D eigenvalue weighted by molar-refractivity contribution is -0.0388. The first-order chi connectivity index (χ1) is 8.38. The van der Waals surface area contributed by atoms with Crippen molar-refractivity contribution in [2.45, 2.75) is 20.1 Å². The lowest BCUT2D eigenvalue weighted by atomic mass is 10.0. The van der Waals surface area contributed by atoms with Crippen molar-refractivity contribution in [2.24, 2.45) is 0 Å². The molecule has 0 bridgehead atoms. The van der Waals surface area contributed by atoms with E-state index in [1.165, 1.54) is 26.2 Å². The van der Waals surface area contributed by atoms with Gasteiger partial charge in [0.25, 0.3) is 0 Å². The van der Waals surface area contributed by atoms with E-state index in [1.54, 1.807) is 6.92 Å². The molecule has 0 saturated heterocycles. The summed E-state index contributed by atoms with van der Waals surface area (Å²) < 4.78 is 10.2. The lowest BCUT2D eigenvalue weighted by Crippen LogP contribution is -2.17. The molecule has 1 aromatic rings. The second-order valence-corrected chi connectivity index (χ2v) is 3.64. The molecule has 6 heteroatoms. The molecule has 6 nitrogen and oxygen atoms in total. The van der Waals surface area contributed by atoms with Gasteiger partial charge >= 0.3 is 11.9 Å². The molecular formula is C12H14O6. The van der Waals surface area contributed by atoms with E-state index in [-0.39, 0.29) is 22.4 Å². The minimum absolute atomic E-state index is 0.0650. The topological polar surface area (TPSA) is 93.1 Å². The molecule has 0 heterocycles. The van der Waals surface area contributed by atoms with Gasteiger partial charge in [0.2, 0.25) is 0 Å². The summed E-state index contributed by atoms with van der Waals surface area (Å²) in [4.78, 5) is 22.1. The second kappa shape index (κ2) is 5.50. The molecule has 0 amide bonds. The van der Waals surface area contributed by atoms with Crippen LogP contribution in [-0.2, 0) is 4.74 Å². The summed E-state index contributed by atoms with van der Waals surface area (Å²) in [6.07, 6.45) is -0.627. The number of ether oxygens (including phenoxy) is 2. The highest BCUT2D eigenvalue weighted by atomic mass is 16.7. The third-order valence-electron chi connectivity index (χ3n) is 2.50. The Kier molecular flexibility index (Phi) is 4.28. The molecule has 1 rings (SSSR count). The predicted octanol–water partition coefficient (Wildman–Crippen LogP) is 1.76. The predicted molar refractivity (Wildman–Crippen MR) is 62.2 cm³/mol. The highest BCUT2D eigenvalue weighted by Crippen LogP contribution is 2.26. The Hall–Kier alpha value is -2.08. The van der Waals surface area contributed by atoms with Crippen LogP contribution in [0.3, 0.4) is 0 Å². The van der Waals surface area contributed by atoms with Crippen LogP contribution in [0, 0.1) is 6.92 Å². The van der Waals surface area contributed by atoms with Crippen LogP contribution in [0.1, 0.15) is 33.2 Å². The van der Waals surface area contributed by atoms with Gasteiger partial charge in [-0.1, -0.05) is 0 Å². The summed E-state index contributed by atoms with van der Waals surface area (Å²) in [5, 5.41) is 18.1. The minimum atomic E-state index is -1.24. The van der Waals surface area contributed by atoms with Gasteiger partial charge in [0.05, 0.1) is 5.56 Å². The summed E-state index contributed by atoms with van der Waals surface area (Å²) in [6, 6.07) is 2.62.